The lowest BCUT2D eigenvalue weighted by molar-refractivity contribution is 0.240. The number of rotatable bonds is 0. The van der Waals surface area contributed by atoms with E-state index in [4.69, 9.17) is 0 Å². The molecule has 4 heteroatoms. The van der Waals surface area contributed by atoms with E-state index in [1.54, 1.807) is 6.20 Å². The van der Waals surface area contributed by atoms with Crippen LogP contribution < -0.4 is 0 Å². The quantitative estimate of drug-likeness (QED) is 0.645. The summed E-state index contributed by atoms with van der Waals surface area (Å²) in [4.78, 5) is 11.1. The number of hydrogen-bond donors (Lipinski definition) is 0. The molecule has 3 rings (SSSR count). The second kappa shape index (κ2) is 3.03. The molecule has 0 saturated heterocycles. The molecule has 2 aromatic rings. The SMILES string of the molecule is C[C@H]1c2c(nc3ccncn23)CCN1C. The van der Waals surface area contributed by atoms with Crippen LogP contribution in [0.1, 0.15) is 24.4 Å². The fourth-order valence-corrected chi connectivity index (χ4v) is 2.28. The Balaban J connectivity index is 2.29. The Hall–Kier alpha value is -1.42. The van der Waals surface area contributed by atoms with Crippen molar-refractivity contribution >= 4 is 5.65 Å². The Labute approximate surface area is 88.6 Å². The molecule has 1 atom stereocenters. The molecule has 0 aliphatic carbocycles. The highest BCUT2D eigenvalue weighted by Crippen LogP contribution is 2.28. The maximum Gasteiger partial charge on any atom is 0.140 e. The van der Waals surface area contributed by atoms with Crippen LogP contribution in [0.2, 0.25) is 0 Å². The Bertz CT molecular complexity index is 502. The van der Waals surface area contributed by atoms with Gasteiger partial charge in [-0.2, -0.15) is 0 Å². The van der Waals surface area contributed by atoms with E-state index < -0.39 is 0 Å². The van der Waals surface area contributed by atoms with Gasteiger partial charge in [0.25, 0.3) is 0 Å². The number of fused-ring (bicyclic) bond motifs is 3. The lowest BCUT2D eigenvalue weighted by atomic mass is 10.1. The molecule has 78 valence electrons. The molecular weight excluding hydrogens is 188 g/mol. The van der Waals surface area contributed by atoms with E-state index >= 15 is 0 Å². The van der Waals surface area contributed by atoms with Crippen molar-refractivity contribution in [1.29, 1.82) is 0 Å². The standard InChI is InChI=1S/C11H14N4/c1-8-11-9(4-6-14(8)2)13-10-3-5-12-7-15(10)11/h3,5,7-8H,4,6H2,1-2H3/t8-/m0/s1. The van der Waals surface area contributed by atoms with E-state index in [9.17, 15) is 0 Å². The summed E-state index contributed by atoms with van der Waals surface area (Å²) >= 11 is 0. The van der Waals surface area contributed by atoms with Crippen LogP contribution in [-0.2, 0) is 6.42 Å². The van der Waals surface area contributed by atoms with Crippen LogP contribution in [0.25, 0.3) is 5.65 Å². The second-order valence-electron chi connectivity index (χ2n) is 4.16. The van der Waals surface area contributed by atoms with Crippen molar-refractivity contribution in [3.63, 3.8) is 0 Å². The molecule has 0 fully saturated rings. The Kier molecular flexibility index (Phi) is 1.79. The first-order chi connectivity index (χ1) is 7.27. The molecule has 15 heavy (non-hydrogen) atoms. The van der Waals surface area contributed by atoms with E-state index in [1.807, 2.05) is 12.4 Å². The van der Waals surface area contributed by atoms with Crippen molar-refractivity contribution in [1.82, 2.24) is 19.3 Å². The molecule has 1 aliphatic heterocycles. The van der Waals surface area contributed by atoms with Crippen molar-refractivity contribution in [2.45, 2.75) is 19.4 Å². The fraction of sp³-hybridized carbons (Fsp3) is 0.455. The first-order valence-electron chi connectivity index (χ1n) is 5.28. The molecule has 3 heterocycles. The molecule has 0 unspecified atom stereocenters. The smallest absolute Gasteiger partial charge is 0.140 e. The van der Waals surface area contributed by atoms with Crippen LogP contribution in [0.15, 0.2) is 18.6 Å². The highest BCUT2D eigenvalue weighted by Gasteiger charge is 2.25. The van der Waals surface area contributed by atoms with Crippen molar-refractivity contribution in [3.8, 4) is 0 Å². The highest BCUT2D eigenvalue weighted by molar-refractivity contribution is 5.43. The van der Waals surface area contributed by atoms with Crippen LogP contribution in [0.3, 0.4) is 0 Å². The van der Waals surface area contributed by atoms with Gasteiger partial charge in [-0.05, 0) is 20.0 Å². The predicted octanol–water partition coefficient (Wildman–Crippen LogP) is 1.28. The van der Waals surface area contributed by atoms with E-state index in [-0.39, 0.29) is 0 Å². The maximum atomic E-state index is 4.63. The zero-order valence-electron chi connectivity index (χ0n) is 9.01. The maximum absolute atomic E-state index is 4.63. The minimum absolute atomic E-state index is 0.424. The predicted molar refractivity (Wildman–Crippen MR) is 57.7 cm³/mol. The average molecular weight is 202 g/mol. The van der Waals surface area contributed by atoms with E-state index in [2.05, 4.69) is 33.2 Å². The minimum atomic E-state index is 0.424. The van der Waals surface area contributed by atoms with Gasteiger partial charge in [-0.3, -0.25) is 9.30 Å². The molecule has 0 saturated carbocycles. The first kappa shape index (κ1) is 8.85. The molecule has 0 N–H and O–H groups in total. The third-order valence-corrected chi connectivity index (χ3v) is 3.30. The molecule has 4 nitrogen and oxygen atoms in total. The van der Waals surface area contributed by atoms with Gasteiger partial charge in [-0.15, -0.1) is 0 Å². The molecular formula is C11H14N4. The molecule has 0 aromatic carbocycles. The summed E-state index contributed by atoms with van der Waals surface area (Å²) in [5.74, 6) is 0. The number of hydrogen-bond acceptors (Lipinski definition) is 3. The van der Waals surface area contributed by atoms with Crippen molar-refractivity contribution < 1.29 is 0 Å². The van der Waals surface area contributed by atoms with Crippen LogP contribution in [0.4, 0.5) is 0 Å². The van der Waals surface area contributed by atoms with Gasteiger partial charge in [0.1, 0.15) is 12.0 Å². The van der Waals surface area contributed by atoms with Gasteiger partial charge in [0, 0.05) is 25.2 Å². The minimum Gasteiger partial charge on any atom is -0.298 e. The van der Waals surface area contributed by atoms with E-state index in [0.29, 0.717) is 6.04 Å². The summed E-state index contributed by atoms with van der Waals surface area (Å²) in [5.41, 5.74) is 3.54. The Morgan fingerprint density at radius 2 is 2.33 bits per heavy atom. The molecule has 0 bridgehead atoms. The summed E-state index contributed by atoms with van der Waals surface area (Å²) in [6.45, 7) is 3.31. The first-order valence-corrected chi connectivity index (χ1v) is 5.28. The zero-order chi connectivity index (χ0) is 10.4. The van der Waals surface area contributed by atoms with Crippen molar-refractivity contribution in [2.24, 2.45) is 0 Å². The summed E-state index contributed by atoms with van der Waals surface area (Å²) in [6.07, 6.45) is 4.69. The average Bonchev–Trinajstić information content (AvgIpc) is 2.62. The van der Waals surface area contributed by atoms with Crippen LogP contribution in [0.5, 0.6) is 0 Å². The Morgan fingerprint density at radius 3 is 3.20 bits per heavy atom. The summed E-state index contributed by atoms with van der Waals surface area (Å²) in [6, 6.07) is 2.39. The molecule has 1 aliphatic rings. The van der Waals surface area contributed by atoms with Gasteiger partial charge in [0.15, 0.2) is 0 Å². The van der Waals surface area contributed by atoms with E-state index in [0.717, 1.165) is 18.6 Å². The normalized spacial score (nSPS) is 21.9. The van der Waals surface area contributed by atoms with Gasteiger partial charge in [-0.25, -0.2) is 9.97 Å². The summed E-state index contributed by atoms with van der Waals surface area (Å²) < 4.78 is 2.11. The third-order valence-electron chi connectivity index (χ3n) is 3.30. The number of likely N-dealkylation sites (N-methyl/N-ethyl adjacent to an activating group) is 1. The fourth-order valence-electron chi connectivity index (χ4n) is 2.28. The monoisotopic (exact) mass is 202 g/mol. The number of nitrogens with zero attached hydrogens (tertiary/aromatic N) is 4. The van der Waals surface area contributed by atoms with Crippen molar-refractivity contribution in [3.05, 3.63) is 30.0 Å². The molecule has 0 spiro atoms. The summed E-state index contributed by atoms with van der Waals surface area (Å²) in [5, 5.41) is 0. The topological polar surface area (TPSA) is 33.4 Å². The lowest BCUT2D eigenvalue weighted by Crippen LogP contribution is -2.31. The molecule has 2 aromatic heterocycles. The second-order valence-corrected chi connectivity index (χ2v) is 4.16. The molecule has 0 amide bonds. The van der Waals surface area contributed by atoms with Crippen LogP contribution >= 0.6 is 0 Å². The number of aromatic nitrogens is 3. The van der Waals surface area contributed by atoms with Gasteiger partial charge in [0.2, 0.25) is 0 Å². The number of imidazole rings is 1. The lowest BCUT2D eigenvalue weighted by Gasteiger charge is -2.29. The van der Waals surface area contributed by atoms with Gasteiger partial charge in [0.05, 0.1) is 11.4 Å². The summed E-state index contributed by atoms with van der Waals surface area (Å²) in [7, 11) is 2.16. The third kappa shape index (κ3) is 1.18. The largest absolute Gasteiger partial charge is 0.298 e. The van der Waals surface area contributed by atoms with Gasteiger partial charge < -0.3 is 0 Å². The molecule has 0 radical (unpaired) electrons. The highest BCUT2D eigenvalue weighted by atomic mass is 15.2. The van der Waals surface area contributed by atoms with E-state index in [1.165, 1.54) is 11.4 Å². The van der Waals surface area contributed by atoms with Crippen LogP contribution in [0, 0.1) is 0 Å². The van der Waals surface area contributed by atoms with Gasteiger partial charge >= 0.3 is 0 Å². The zero-order valence-corrected chi connectivity index (χ0v) is 9.01. The van der Waals surface area contributed by atoms with Crippen molar-refractivity contribution in [2.75, 3.05) is 13.6 Å². The Morgan fingerprint density at radius 1 is 1.47 bits per heavy atom. The van der Waals surface area contributed by atoms with Crippen LogP contribution in [-0.4, -0.2) is 32.9 Å². The van der Waals surface area contributed by atoms with Gasteiger partial charge in [-0.1, -0.05) is 0 Å².